The van der Waals surface area contributed by atoms with Gasteiger partial charge in [-0.25, -0.2) is 4.98 Å². The van der Waals surface area contributed by atoms with Crippen LogP contribution in [0.5, 0.6) is 11.5 Å². The molecular formula is C22H21N3O3S. The van der Waals surface area contributed by atoms with Crippen molar-refractivity contribution in [3.05, 3.63) is 70.2 Å². The number of amidine groups is 1. The molecular weight excluding hydrogens is 386 g/mol. The summed E-state index contributed by atoms with van der Waals surface area (Å²) in [7, 11) is 3.21. The number of ether oxygens (including phenoxy) is 2. The lowest BCUT2D eigenvalue weighted by Gasteiger charge is -2.18. The Morgan fingerprint density at radius 3 is 2.66 bits per heavy atom. The highest BCUT2D eigenvalue weighted by molar-refractivity contribution is 7.11. The molecule has 1 aliphatic rings. The average molecular weight is 407 g/mol. The van der Waals surface area contributed by atoms with Gasteiger partial charge in [0.25, 0.3) is 0 Å². The van der Waals surface area contributed by atoms with Gasteiger partial charge in [-0.15, -0.1) is 11.3 Å². The number of rotatable bonds is 6. The van der Waals surface area contributed by atoms with E-state index >= 15 is 0 Å². The SMILES string of the molecule is COc1ccc(-c2csc(C3=C(O)CN(Cc4ccccc4)C3=N)n2)c(OC)c1. The minimum absolute atomic E-state index is 0.175. The number of nitrogens with zero attached hydrogens (tertiary/aromatic N) is 2. The van der Waals surface area contributed by atoms with E-state index < -0.39 is 0 Å². The number of thiazole rings is 1. The number of benzene rings is 2. The molecule has 4 rings (SSSR count). The highest BCUT2D eigenvalue weighted by Gasteiger charge is 2.30. The molecule has 2 aromatic carbocycles. The molecule has 0 fully saturated rings. The first-order valence-corrected chi connectivity index (χ1v) is 9.97. The third-order valence-corrected chi connectivity index (χ3v) is 5.66. The lowest BCUT2D eigenvalue weighted by atomic mass is 10.1. The quantitative estimate of drug-likeness (QED) is 0.625. The lowest BCUT2D eigenvalue weighted by molar-refractivity contribution is 0.347. The molecule has 3 aromatic rings. The summed E-state index contributed by atoms with van der Waals surface area (Å²) in [6, 6.07) is 15.5. The van der Waals surface area contributed by atoms with E-state index in [0.29, 0.717) is 35.2 Å². The van der Waals surface area contributed by atoms with Gasteiger partial charge in [-0.1, -0.05) is 30.3 Å². The molecule has 148 valence electrons. The van der Waals surface area contributed by atoms with Gasteiger partial charge in [-0.05, 0) is 17.7 Å². The van der Waals surface area contributed by atoms with Crippen LogP contribution in [-0.2, 0) is 6.54 Å². The van der Waals surface area contributed by atoms with Crippen molar-refractivity contribution in [2.24, 2.45) is 0 Å². The smallest absolute Gasteiger partial charge is 0.135 e. The van der Waals surface area contributed by atoms with E-state index in [-0.39, 0.29) is 11.6 Å². The van der Waals surface area contributed by atoms with Gasteiger partial charge < -0.3 is 19.5 Å². The fourth-order valence-electron chi connectivity index (χ4n) is 3.32. The molecule has 1 aromatic heterocycles. The first-order valence-electron chi connectivity index (χ1n) is 9.09. The van der Waals surface area contributed by atoms with Crippen LogP contribution in [-0.4, -0.2) is 41.6 Å². The molecule has 0 aliphatic carbocycles. The van der Waals surface area contributed by atoms with Crippen molar-refractivity contribution in [2.75, 3.05) is 20.8 Å². The van der Waals surface area contributed by atoms with Crippen molar-refractivity contribution in [3.8, 4) is 22.8 Å². The first kappa shape index (κ1) is 19.0. The number of aromatic nitrogens is 1. The Hall–Kier alpha value is -3.32. The van der Waals surface area contributed by atoms with Crippen LogP contribution in [0.1, 0.15) is 10.6 Å². The van der Waals surface area contributed by atoms with Gasteiger partial charge in [0.15, 0.2) is 0 Å². The van der Waals surface area contributed by atoms with Crippen molar-refractivity contribution in [3.63, 3.8) is 0 Å². The molecule has 0 radical (unpaired) electrons. The number of hydrogen-bond donors (Lipinski definition) is 2. The molecule has 7 heteroatoms. The maximum atomic E-state index is 10.5. The Morgan fingerprint density at radius 2 is 1.93 bits per heavy atom. The molecule has 0 amide bonds. The highest BCUT2D eigenvalue weighted by Crippen LogP contribution is 2.37. The molecule has 0 saturated heterocycles. The zero-order valence-electron chi connectivity index (χ0n) is 16.2. The summed E-state index contributed by atoms with van der Waals surface area (Å²) in [5.74, 6) is 1.82. The molecule has 29 heavy (non-hydrogen) atoms. The van der Waals surface area contributed by atoms with Crippen LogP contribution in [0.15, 0.2) is 59.7 Å². The van der Waals surface area contributed by atoms with Crippen LogP contribution in [0.2, 0.25) is 0 Å². The fourth-order valence-corrected chi connectivity index (χ4v) is 4.21. The van der Waals surface area contributed by atoms with Crippen LogP contribution >= 0.6 is 11.3 Å². The number of aliphatic hydroxyl groups excluding tert-OH is 1. The third-order valence-electron chi connectivity index (χ3n) is 4.80. The van der Waals surface area contributed by atoms with Crippen molar-refractivity contribution >= 4 is 22.7 Å². The highest BCUT2D eigenvalue weighted by atomic mass is 32.1. The number of nitrogens with one attached hydrogen (secondary N) is 1. The number of methoxy groups -OCH3 is 2. The van der Waals surface area contributed by atoms with Crippen molar-refractivity contribution < 1.29 is 14.6 Å². The van der Waals surface area contributed by atoms with Crippen LogP contribution in [0.3, 0.4) is 0 Å². The molecule has 0 unspecified atom stereocenters. The van der Waals surface area contributed by atoms with Crippen LogP contribution in [0, 0.1) is 5.41 Å². The van der Waals surface area contributed by atoms with Crippen molar-refractivity contribution in [1.82, 2.24) is 9.88 Å². The van der Waals surface area contributed by atoms with Gasteiger partial charge in [-0.2, -0.15) is 0 Å². The summed E-state index contributed by atoms with van der Waals surface area (Å²) in [6.45, 7) is 0.877. The standard InChI is InChI=1S/C22H21N3O3S/c1-27-15-8-9-16(19(10-15)28-2)17-13-29-22(24-17)20-18(26)12-25(21(20)23)11-14-6-4-3-5-7-14/h3-10,13,23,26H,11-12H2,1-2H3. The molecule has 0 spiro atoms. The Morgan fingerprint density at radius 1 is 1.14 bits per heavy atom. The number of hydrogen-bond acceptors (Lipinski definition) is 6. The topological polar surface area (TPSA) is 78.7 Å². The van der Waals surface area contributed by atoms with Crippen LogP contribution < -0.4 is 9.47 Å². The Balaban J connectivity index is 1.59. The third kappa shape index (κ3) is 3.69. The Bertz CT molecular complexity index is 1080. The minimum Gasteiger partial charge on any atom is -0.510 e. The summed E-state index contributed by atoms with van der Waals surface area (Å²) < 4.78 is 10.7. The zero-order valence-corrected chi connectivity index (χ0v) is 17.0. The summed E-state index contributed by atoms with van der Waals surface area (Å²) in [4.78, 5) is 6.52. The molecule has 6 nitrogen and oxygen atoms in total. The van der Waals surface area contributed by atoms with Gasteiger partial charge in [-0.3, -0.25) is 5.41 Å². The summed E-state index contributed by atoms with van der Waals surface area (Å²) >= 11 is 1.40. The monoisotopic (exact) mass is 407 g/mol. The van der Waals surface area contributed by atoms with E-state index in [1.807, 2.05) is 58.8 Å². The average Bonchev–Trinajstić information content (AvgIpc) is 3.32. The molecule has 2 heterocycles. The first-order chi connectivity index (χ1) is 14.1. The van der Waals surface area contributed by atoms with Gasteiger partial charge >= 0.3 is 0 Å². The molecule has 0 atom stereocenters. The largest absolute Gasteiger partial charge is 0.510 e. The van der Waals surface area contributed by atoms with E-state index in [9.17, 15) is 5.11 Å². The second kappa shape index (κ2) is 7.97. The summed E-state index contributed by atoms with van der Waals surface area (Å²) in [5, 5.41) is 21.6. The minimum atomic E-state index is 0.175. The van der Waals surface area contributed by atoms with Gasteiger partial charge in [0, 0.05) is 23.6 Å². The fraction of sp³-hybridized carbons (Fsp3) is 0.182. The lowest BCUT2D eigenvalue weighted by Crippen LogP contribution is -2.25. The number of aliphatic hydroxyl groups is 1. The second-order valence-electron chi connectivity index (χ2n) is 6.62. The van der Waals surface area contributed by atoms with Gasteiger partial charge in [0.05, 0.1) is 32.0 Å². The van der Waals surface area contributed by atoms with Crippen molar-refractivity contribution in [1.29, 1.82) is 5.41 Å². The van der Waals surface area contributed by atoms with Crippen LogP contribution in [0.25, 0.3) is 16.8 Å². The zero-order chi connectivity index (χ0) is 20.4. The summed E-state index contributed by atoms with van der Waals surface area (Å²) in [5.41, 5.74) is 3.15. The molecule has 2 N–H and O–H groups in total. The van der Waals surface area contributed by atoms with E-state index in [1.165, 1.54) is 11.3 Å². The molecule has 0 bridgehead atoms. The van der Waals surface area contributed by atoms with Crippen molar-refractivity contribution in [2.45, 2.75) is 6.54 Å². The Kier molecular flexibility index (Phi) is 5.22. The Labute approximate surface area is 173 Å². The maximum absolute atomic E-state index is 10.5. The normalized spacial score (nSPS) is 13.9. The summed E-state index contributed by atoms with van der Waals surface area (Å²) in [6.07, 6.45) is 0. The molecule has 0 saturated carbocycles. The van der Waals surface area contributed by atoms with Crippen LogP contribution in [0.4, 0.5) is 0 Å². The van der Waals surface area contributed by atoms with E-state index in [1.54, 1.807) is 14.2 Å². The van der Waals surface area contributed by atoms with E-state index in [4.69, 9.17) is 14.9 Å². The predicted octanol–water partition coefficient (Wildman–Crippen LogP) is 4.59. The molecule has 1 aliphatic heterocycles. The predicted molar refractivity (Wildman–Crippen MR) is 115 cm³/mol. The maximum Gasteiger partial charge on any atom is 0.135 e. The van der Waals surface area contributed by atoms with Gasteiger partial charge in [0.1, 0.15) is 28.1 Å². The van der Waals surface area contributed by atoms with E-state index in [2.05, 4.69) is 4.98 Å². The second-order valence-corrected chi connectivity index (χ2v) is 7.47. The van der Waals surface area contributed by atoms with Gasteiger partial charge in [0.2, 0.25) is 0 Å². The van der Waals surface area contributed by atoms with E-state index in [0.717, 1.165) is 16.8 Å².